The number of hydrogen-bond donors (Lipinski definition) is 0. The maximum atomic E-state index is 12.2. The molecule has 2 nitrogen and oxygen atoms in total. The lowest BCUT2D eigenvalue weighted by Gasteiger charge is -2.21. The van der Waals surface area contributed by atoms with Gasteiger partial charge in [-0.15, -0.1) is 0 Å². The second-order valence-electron chi connectivity index (χ2n) is 3.63. The van der Waals surface area contributed by atoms with Crippen molar-refractivity contribution in [1.82, 2.24) is 0 Å². The molecule has 0 saturated heterocycles. The van der Waals surface area contributed by atoms with Crippen molar-refractivity contribution in [2.45, 2.75) is 18.8 Å². The molecule has 0 aromatic heterocycles. The lowest BCUT2D eigenvalue weighted by atomic mass is 10.1. The highest BCUT2D eigenvalue weighted by atomic mass is 19.4. The van der Waals surface area contributed by atoms with Crippen LogP contribution in [0.2, 0.25) is 0 Å². The highest BCUT2D eigenvalue weighted by Crippen LogP contribution is 2.41. The van der Waals surface area contributed by atoms with Crippen molar-refractivity contribution in [3.63, 3.8) is 0 Å². The average Bonchev–Trinajstić information content (AvgIpc) is 2.24. The van der Waals surface area contributed by atoms with Gasteiger partial charge in [0.15, 0.2) is 5.92 Å². The van der Waals surface area contributed by atoms with Crippen molar-refractivity contribution in [1.29, 1.82) is 0 Å². The number of carbonyl (C=O) groups excluding carboxylic acids is 1. The molecule has 0 spiro atoms. The number of rotatable bonds is 3. The Hall–Kier alpha value is -1.73. The lowest BCUT2D eigenvalue weighted by Crippen LogP contribution is -2.38. The van der Waals surface area contributed by atoms with E-state index >= 15 is 0 Å². The summed E-state index contributed by atoms with van der Waals surface area (Å²) in [6, 6.07) is 6.88. The molecule has 1 rings (SSSR count). The predicted molar refractivity (Wildman–Crippen MR) is 52.3 cm³/mol. The number of benzene rings is 1. The van der Waals surface area contributed by atoms with Gasteiger partial charge in [-0.05, 0) is 12.1 Å². The van der Waals surface area contributed by atoms with Gasteiger partial charge in [-0.3, -0.25) is 4.79 Å². The summed E-state index contributed by atoms with van der Waals surface area (Å²) >= 11 is 0. The summed E-state index contributed by atoms with van der Waals surface area (Å²) in [6.07, 6.45) is -12.9. The van der Waals surface area contributed by atoms with Crippen LogP contribution in [0.25, 0.3) is 0 Å². The fourth-order valence-corrected chi connectivity index (χ4v) is 1.25. The molecule has 106 valence electrons. The SMILES string of the molecule is O=C(CC(C(F)(F)F)C(F)(F)F)Oc1ccccc1. The smallest absolute Gasteiger partial charge is 0.401 e. The van der Waals surface area contributed by atoms with Crippen molar-refractivity contribution >= 4 is 5.97 Å². The van der Waals surface area contributed by atoms with E-state index < -0.39 is 30.7 Å². The Labute approximate surface area is 104 Å². The van der Waals surface area contributed by atoms with Gasteiger partial charge in [0.05, 0.1) is 6.42 Å². The Morgan fingerprint density at radius 1 is 1.00 bits per heavy atom. The Morgan fingerprint density at radius 3 is 1.89 bits per heavy atom. The molecular weight excluding hydrogens is 278 g/mol. The topological polar surface area (TPSA) is 26.3 Å². The van der Waals surface area contributed by atoms with E-state index in [1.54, 1.807) is 6.07 Å². The molecule has 0 aliphatic carbocycles. The number of esters is 1. The standard InChI is InChI=1S/C11H8F6O2/c12-10(13,14)8(11(15,16)17)6-9(18)19-7-4-2-1-3-5-7/h1-5,8H,6H2. The van der Waals surface area contributed by atoms with Crippen molar-refractivity contribution in [3.05, 3.63) is 30.3 Å². The minimum Gasteiger partial charge on any atom is -0.427 e. The van der Waals surface area contributed by atoms with Crippen LogP contribution < -0.4 is 4.74 Å². The average molecular weight is 286 g/mol. The fourth-order valence-electron chi connectivity index (χ4n) is 1.25. The van der Waals surface area contributed by atoms with Crippen LogP contribution in [-0.2, 0) is 4.79 Å². The third kappa shape index (κ3) is 4.80. The second-order valence-corrected chi connectivity index (χ2v) is 3.63. The van der Waals surface area contributed by atoms with Gasteiger partial charge in [-0.25, -0.2) is 0 Å². The summed E-state index contributed by atoms with van der Waals surface area (Å²) in [5.41, 5.74) is 0. The van der Waals surface area contributed by atoms with Gasteiger partial charge in [-0.1, -0.05) is 18.2 Å². The third-order valence-electron chi connectivity index (χ3n) is 2.14. The van der Waals surface area contributed by atoms with E-state index in [-0.39, 0.29) is 5.75 Å². The Kier molecular flexibility index (Phi) is 4.43. The van der Waals surface area contributed by atoms with Crippen LogP contribution in [0.15, 0.2) is 30.3 Å². The van der Waals surface area contributed by atoms with Crippen LogP contribution in [0.4, 0.5) is 26.3 Å². The number of alkyl halides is 6. The van der Waals surface area contributed by atoms with Crippen molar-refractivity contribution in [2.75, 3.05) is 0 Å². The van der Waals surface area contributed by atoms with Crippen molar-refractivity contribution < 1.29 is 35.9 Å². The first kappa shape index (κ1) is 15.3. The van der Waals surface area contributed by atoms with Crippen LogP contribution in [0.1, 0.15) is 6.42 Å². The molecule has 0 saturated carbocycles. The maximum absolute atomic E-state index is 12.2. The first-order valence-corrected chi connectivity index (χ1v) is 5.00. The summed E-state index contributed by atoms with van der Waals surface area (Å²) in [7, 11) is 0. The fraction of sp³-hybridized carbons (Fsp3) is 0.364. The van der Waals surface area contributed by atoms with Gasteiger partial charge >= 0.3 is 18.3 Å². The lowest BCUT2D eigenvalue weighted by molar-refractivity contribution is -0.285. The predicted octanol–water partition coefficient (Wildman–Crippen LogP) is 3.72. The molecule has 0 bridgehead atoms. The first-order valence-electron chi connectivity index (χ1n) is 5.00. The van der Waals surface area contributed by atoms with Gasteiger partial charge in [0.25, 0.3) is 0 Å². The zero-order valence-corrected chi connectivity index (χ0v) is 9.26. The molecule has 0 aliphatic heterocycles. The number of carbonyl (C=O) groups is 1. The normalized spacial score (nSPS) is 12.6. The molecule has 0 unspecified atom stereocenters. The molecule has 1 aromatic carbocycles. The minimum atomic E-state index is -5.55. The zero-order valence-electron chi connectivity index (χ0n) is 9.26. The third-order valence-corrected chi connectivity index (χ3v) is 2.14. The van der Waals surface area contributed by atoms with E-state index in [9.17, 15) is 31.1 Å². The highest BCUT2D eigenvalue weighted by Gasteiger charge is 2.57. The Morgan fingerprint density at radius 2 is 1.47 bits per heavy atom. The summed E-state index contributed by atoms with van der Waals surface area (Å²) in [4.78, 5) is 11.1. The summed E-state index contributed by atoms with van der Waals surface area (Å²) in [5, 5.41) is 0. The number of ether oxygens (including phenoxy) is 1. The summed E-state index contributed by atoms with van der Waals surface area (Å²) in [6.45, 7) is 0. The van der Waals surface area contributed by atoms with Crippen LogP contribution >= 0.6 is 0 Å². The number of halogens is 6. The molecule has 8 heteroatoms. The molecule has 0 fully saturated rings. The van der Waals surface area contributed by atoms with Gasteiger partial charge in [-0.2, -0.15) is 26.3 Å². The van der Waals surface area contributed by atoms with Gasteiger partial charge < -0.3 is 4.74 Å². The Balaban J connectivity index is 2.73. The number of hydrogen-bond acceptors (Lipinski definition) is 2. The molecule has 0 amide bonds. The van der Waals surface area contributed by atoms with Crippen LogP contribution in [-0.4, -0.2) is 18.3 Å². The van der Waals surface area contributed by atoms with Crippen molar-refractivity contribution in [3.8, 4) is 5.75 Å². The molecule has 0 aliphatic rings. The quantitative estimate of drug-likeness (QED) is 0.481. The molecule has 0 atom stereocenters. The first-order chi connectivity index (χ1) is 8.60. The van der Waals surface area contributed by atoms with E-state index in [2.05, 4.69) is 4.74 Å². The molecule has 0 radical (unpaired) electrons. The van der Waals surface area contributed by atoms with E-state index in [0.29, 0.717) is 0 Å². The molecule has 0 heterocycles. The largest absolute Gasteiger partial charge is 0.427 e. The Bertz CT molecular complexity index is 409. The molecule has 0 N–H and O–H groups in total. The van der Waals surface area contributed by atoms with E-state index in [1.165, 1.54) is 24.3 Å². The van der Waals surface area contributed by atoms with E-state index in [1.807, 2.05) is 0 Å². The summed E-state index contributed by atoms with van der Waals surface area (Å²) < 4.78 is 77.5. The molecular formula is C11H8F6O2. The monoisotopic (exact) mass is 286 g/mol. The maximum Gasteiger partial charge on any atom is 0.401 e. The van der Waals surface area contributed by atoms with E-state index in [4.69, 9.17) is 0 Å². The van der Waals surface area contributed by atoms with Crippen LogP contribution in [0.3, 0.4) is 0 Å². The highest BCUT2D eigenvalue weighted by molar-refractivity contribution is 5.72. The van der Waals surface area contributed by atoms with Gasteiger partial charge in [0.2, 0.25) is 0 Å². The summed E-state index contributed by atoms with van der Waals surface area (Å²) in [5.74, 6) is -5.43. The number of para-hydroxylation sites is 1. The van der Waals surface area contributed by atoms with E-state index in [0.717, 1.165) is 0 Å². The van der Waals surface area contributed by atoms with Crippen LogP contribution in [0, 0.1) is 5.92 Å². The van der Waals surface area contributed by atoms with Crippen LogP contribution in [0.5, 0.6) is 5.75 Å². The van der Waals surface area contributed by atoms with Gasteiger partial charge in [0.1, 0.15) is 5.75 Å². The van der Waals surface area contributed by atoms with Crippen molar-refractivity contribution in [2.24, 2.45) is 5.92 Å². The molecule has 1 aromatic rings. The molecule has 19 heavy (non-hydrogen) atoms. The zero-order chi connectivity index (χ0) is 14.7. The van der Waals surface area contributed by atoms with Gasteiger partial charge in [0, 0.05) is 0 Å². The second kappa shape index (κ2) is 5.50. The minimum absolute atomic E-state index is 0.115.